The maximum atomic E-state index is 3.74. The molecule has 2 aliphatic rings. The Hall–Kier alpha value is -0.0800. The molecule has 2 nitrogen and oxygen atoms in total. The summed E-state index contributed by atoms with van der Waals surface area (Å²) in [5.74, 6) is 0.909. The van der Waals surface area contributed by atoms with Crippen molar-refractivity contribution in [1.29, 1.82) is 0 Å². The second-order valence-electron chi connectivity index (χ2n) is 5.37. The van der Waals surface area contributed by atoms with Gasteiger partial charge in [0.15, 0.2) is 0 Å². The zero-order valence-corrected chi connectivity index (χ0v) is 10.2. The zero-order chi connectivity index (χ0) is 10.5. The highest BCUT2D eigenvalue weighted by Crippen LogP contribution is 2.24. The van der Waals surface area contributed by atoms with E-state index in [1.165, 1.54) is 64.7 Å². The van der Waals surface area contributed by atoms with Crippen molar-refractivity contribution in [2.45, 2.75) is 51.5 Å². The highest BCUT2D eigenvalue weighted by molar-refractivity contribution is 4.80. The van der Waals surface area contributed by atoms with Crippen LogP contribution < -0.4 is 5.32 Å². The van der Waals surface area contributed by atoms with E-state index in [4.69, 9.17) is 0 Å². The van der Waals surface area contributed by atoms with Gasteiger partial charge in [0.1, 0.15) is 0 Å². The molecule has 1 N–H and O–H groups in total. The molecular formula is C13H26N2. The van der Waals surface area contributed by atoms with Gasteiger partial charge in [0.25, 0.3) is 0 Å². The first-order valence-electron chi connectivity index (χ1n) is 6.82. The van der Waals surface area contributed by atoms with Crippen LogP contribution in [0.3, 0.4) is 0 Å². The van der Waals surface area contributed by atoms with Crippen LogP contribution >= 0.6 is 0 Å². The molecule has 1 saturated heterocycles. The van der Waals surface area contributed by atoms with Gasteiger partial charge in [0.2, 0.25) is 0 Å². The summed E-state index contributed by atoms with van der Waals surface area (Å²) >= 11 is 0. The van der Waals surface area contributed by atoms with E-state index >= 15 is 0 Å². The molecule has 0 amide bonds. The van der Waals surface area contributed by atoms with Crippen LogP contribution in [-0.2, 0) is 0 Å². The molecule has 0 aromatic carbocycles. The molecule has 2 fully saturated rings. The van der Waals surface area contributed by atoms with Gasteiger partial charge in [-0.2, -0.15) is 0 Å². The Bertz CT molecular complexity index is 175. The largest absolute Gasteiger partial charge is 0.312 e. The molecule has 1 saturated carbocycles. The van der Waals surface area contributed by atoms with Crippen molar-refractivity contribution < 1.29 is 0 Å². The molecule has 88 valence electrons. The summed E-state index contributed by atoms with van der Waals surface area (Å²) in [4.78, 5) is 2.62. The summed E-state index contributed by atoms with van der Waals surface area (Å²) in [6.07, 6.45) is 8.55. The van der Waals surface area contributed by atoms with E-state index in [2.05, 4.69) is 17.1 Å². The molecule has 1 heterocycles. The van der Waals surface area contributed by atoms with Gasteiger partial charge in [-0.1, -0.05) is 19.8 Å². The van der Waals surface area contributed by atoms with Crippen molar-refractivity contribution in [3.05, 3.63) is 0 Å². The second-order valence-corrected chi connectivity index (χ2v) is 5.37. The lowest BCUT2D eigenvalue weighted by Crippen LogP contribution is -2.40. The number of nitrogens with one attached hydrogen (secondary N) is 1. The van der Waals surface area contributed by atoms with Gasteiger partial charge >= 0.3 is 0 Å². The van der Waals surface area contributed by atoms with Crippen molar-refractivity contribution in [2.75, 3.05) is 26.2 Å². The quantitative estimate of drug-likeness (QED) is 0.765. The minimum atomic E-state index is 0.815. The Morgan fingerprint density at radius 3 is 2.53 bits per heavy atom. The van der Waals surface area contributed by atoms with Crippen molar-refractivity contribution in [2.24, 2.45) is 5.92 Å². The molecule has 2 atom stereocenters. The molecule has 15 heavy (non-hydrogen) atoms. The second kappa shape index (κ2) is 5.86. The first kappa shape index (κ1) is 11.4. The average molecular weight is 210 g/mol. The van der Waals surface area contributed by atoms with Gasteiger partial charge in [0.05, 0.1) is 0 Å². The Balaban J connectivity index is 1.57. The molecule has 0 bridgehead atoms. The molecule has 1 aliphatic carbocycles. The molecular weight excluding hydrogens is 184 g/mol. The third-order valence-electron chi connectivity index (χ3n) is 4.14. The van der Waals surface area contributed by atoms with E-state index < -0.39 is 0 Å². The number of hydrogen-bond donors (Lipinski definition) is 1. The number of likely N-dealkylation sites (tertiary alicyclic amines) is 1. The number of nitrogens with zero attached hydrogens (tertiary/aromatic N) is 1. The van der Waals surface area contributed by atoms with Crippen molar-refractivity contribution in [1.82, 2.24) is 10.2 Å². The van der Waals surface area contributed by atoms with Crippen LogP contribution in [0.1, 0.15) is 45.4 Å². The Labute approximate surface area is 94.4 Å². The molecule has 0 aromatic heterocycles. The fourth-order valence-corrected chi connectivity index (χ4v) is 3.04. The van der Waals surface area contributed by atoms with Gasteiger partial charge in [-0.3, -0.25) is 0 Å². The van der Waals surface area contributed by atoms with E-state index in [0.717, 1.165) is 12.0 Å². The normalized spacial score (nSPS) is 33.4. The van der Waals surface area contributed by atoms with Crippen LogP contribution in [0.4, 0.5) is 0 Å². The third kappa shape index (κ3) is 3.46. The minimum Gasteiger partial charge on any atom is -0.312 e. The van der Waals surface area contributed by atoms with Crippen molar-refractivity contribution in [3.8, 4) is 0 Å². The predicted octanol–water partition coefficient (Wildman–Crippen LogP) is 2.25. The summed E-state index contributed by atoms with van der Waals surface area (Å²) < 4.78 is 0. The van der Waals surface area contributed by atoms with E-state index in [-0.39, 0.29) is 0 Å². The fourth-order valence-electron chi connectivity index (χ4n) is 3.04. The highest BCUT2D eigenvalue weighted by atomic mass is 15.1. The number of hydrogen-bond acceptors (Lipinski definition) is 2. The topological polar surface area (TPSA) is 15.3 Å². The van der Waals surface area contributed by atoms with Gasteiger partial charge in [-0.25, -0.2) is 0 Å². The maximum absolute atomic E-state index is 3.74. The van der Waals surface area contributed by atoms with Crippen LogP contribution in [0.2, 0.25) is 0 Å². The average Bonchev–Trinajstić information content (AvgIpc) is 2.66. The zero-order valence-electron chi connectivity index (χ0n) is 10.2. The summed E-state index contributed by atoms with van der Waals surface area (Å²) in [5, 5.41) is 3.74. The molecule has 1 aliphatic heterocycles. The standard InChI is InChI=1S/C13H26N2/c1-12-6-5-7-13(12)14-8-11-15-9-3-2-4-10-15/h12-14H,2-11H2,1H3/t12-,13-/m1/s1. The molecule has 0 spiro atoms. The van der Waals surface area contributed by atoms with E-state index in [0.29, 0.717) is 0 Å². The van der Waals surface area contributed by atoms with Crippen LogP contribution in [0.15, 0.2) is 0 Å². The van der Waals surface area contributed by atoms with Crippen molar-refractivity contribution in [3.63, 3.8) is 0 Å². The Morgan fingerprint density at radius 2 is 1.87 bits per heavy atom. The lowest BCUT2D eigenvalue weighted by Gasteiger charge is -2.27. The number of rotatable bonds is 4. The summed E-state index contributed by atoms with van der Waals surface area (Å²) in [7, 11) is 0. The van der Waals surface area contributed by atoms with Gasteiger partial charge in [-0.05, 0) is 44.7 Å². The summed E-state index contributed by atoms with van der Waals surface area (Å²) in [6, 6.07) is 0.815. The van der Waals surface area contributed by atoms with Crippen molar-refractivity contribution >= 4 is 0 Å². The number of piperidine rings is 1. The van der Waals surface area contributed by atoms with E-state index in [1.807, 2.05) is 0 Å². The fraction of sp³-hybridized carbons (Fsp3) is 1.00. The highest BCUT2D eigenvalue weighted by Gasteiger charge is 2.22. The Morgan fingerprint density at radius 1 is 1.07 bits per heavy atom. The molecule has 0 radical (unpaired) electrons. The lowest BCUT2D eigenvalue weighted by atomic mass is 10.1. The summed E-state index contributed by atoms with van der Waals surface area (Å²) in [5.41, 5.74) is 0. The SMILES string of the molecule is C[C@@H]1CCC[C@H]1NCCN1CCCCC1. The van der Waals surface area contributed by atoms with Gasteiger partial charge in [-0.15, -0.1) is 0 Å². The minimum absolute atomic E-state index is 0.815. The Kier molecular flexibility index (Phi) is 4.45. The van der Waals surface area contributed by atoms with Crippen LogP contribution in [0.25, 0.3) is 0 Å². The van der Waals surface area contributed by atoms with E-state index in [9.17, 15) is 0 Å². The van der Waals surface area contributed by atoms with Gasteiger partial charge in [0, 0.05) is 19.1 Å². The maximum Gasteiger partial charge on any atom is 0.0107 e. The summed E-state index contributed by atoms with van der Waals surface area (Å²) in [6.45, 7) is 7.54. The van der Waals surface area contributed by atoms with Crippen LogP contribution in [-0.4, -0.2) is 37.1 Å². The molecule has 0 unspecified atom stereocenters. The van der Waals surface area contributed by atoms with E-state index in [1.54, 1.807) is 0 Å². The predicted molar refractivity (Wildman–Crippen MR) is 65.1 cm³/mol. The molecule has 2 heteroatoms. The van der Waals surface area contributed by atoms with Gasteiger partial charge < -0.3 is 10.2 Å². The smallest absolute Gasteiger partial charge is 0.0107 e. The molecule has 2 rings (SSSR count). The first-order valence-corrected chi connectivity index (χ1v) is 6.82. The molecule has 0 aromatic rings. The monoisotopic (exact) mass is 210 g/mol. The van der Waals surface area contributed by atoms with Crippen LogP contribution in [0, 0.1) is 5.92 Å². The lowest BCUT2D eigenvalue weighted by molar-refractivity contribution is 0.224. The van der Waals surface area contributed by atoms with Crippen LogP contribution in [0.5, 0.6) is 0 Å². The third-order valence-corrected chi connectivity index (χ3v) is 4.14. The first-order chi connectivity index (χ1) is 7.36.